The third-order valence-corrected chi connectivity index (χ3v) is 10.8. The van der Waals surface area contributed by atoms with Gasteiger partial charge in [0.05, 0.1) is 55.2 Å². The van der Waals surface area contributed by atoms with E-state index in [0.29, 0.717) is 25.1 Å². The Balaban J connectivity index is 2.25. The van der Waals surface area contributed by atoms with Gasteiger partial charge in [-0.25, -0.2) is 0 Å². The molecule has 0 radical (unpaired) electrons. The molecule has 2 rings (SSSR count). The van der Waals surface area contributed by atoms with Gasteiger partial charge in [-0.2, -0.15) is 5.26 Å². The number of rotatable bonds is 20. The summed E-state index contributed by atoms with van der Waals surface area (Å²) in [5.74, 6) is -1.67. The number of nitrogens with one attached hydrogen (secondary N) is 2. The summed E-state index contributed by atoms with van der Waals surface area (Å²) in [6.45, 7) is 12.0. The number of amides is 4. The third kappa shape index (κ3) is 11.9. The number of hydrogen-bond acceptors (Lipinski definition) is 9. The zero-order chi connectivity index (χ0) is 39.3. The van der Waals surface area contributed by atoms with Crippen LogP contribution in [0.15, 0.2) is 24.3 Å². The number of nitrogen functional groups attached to an aromatic ring is 1. The van der Waals surface area contributed by atoms with E-state index in [2.05, 4.69) is 16.7 Å². The number of nitrogens with zero attached hydrogens (tertiary/aromatic N) is 4. The summed E-state index contributed by atoms with van der Waals surface area (Å²) < 4.78 is 11.9. The highest BCUT2D eigenvalue weighted by atomic mass is 16.5. The molecule has 1 aliphatic heterocycles. The van der Waals surface area contributed by atoms with Gasteiger partial charge < -0.3 is 35.6 Å². The average Bonchev–Trinajstić information content (AvgIpc) is 3.59. The Morgan fingerprint density at radius 3 is 2.25 bits per heavy atom. The Hall–Kier alpha value is -3.73. The Labute approximate surface area is 311 Å². The SMILES string of the molecule is CCC(C)C(C(CC(=O)N1CCC[C@H]1C(OC)C(C)C(=O)NC(CC#N)Cc1cccc(N)c1)OC)N(C)C(=O)C(NC(=O)C(C)N(C)C)C(C)C. The molecule has 1 saturated heterocycles. The molecule has 1 aliphatic rings. The molecule has 13 nitrogen and oxygen atoms in total. The highest BCUT2D eigenvalue weighted by molar-refractivity contribution is 5.90. The number of hydrogen-bond donors (Lipinski definition) is 3. The lowest BCUT2D eigenvalue weighted by Gasteiger charge is -2.41. The average molecular weight is 728 g/mol. The van der Waals surface area contributed by atoms with Crippen LogP contribution in [0.4, 0.5) is 5.69 Å². The van der Waals surface area contributed by atoms with Crippen LogP contribution >= 0.6 is 0 Å². The smallest absolute Gasteiger partial charge is 0.245 e. The molecule has 4 amide bonds. The van der Waals surface area contributed by atoms with Crippen LogP contribution in [-0.2, 0) is 35.1 Å². The molecule has 0 spiro atoms. The predicted molar refractivity (Wildman–Crippen MR) is 203 cm³/mol. The van der Waals surface area contributed by atoms with Gasteiger partial charge in [0, 0.05) is 39.5 Å². The van der Waals surface area contributed by atoms with Gasteiger partial charge in [0.1, 0.15) is 6.04 Å². The van der Waals surface area contributed by atoms with Crippen LogP contribution < -0.4 is 16.4 Å². The molecule has 0 saturated carbocycles. The fourth-order valence-corrected chi connectivity index (χ4v) is 7.17. The molecule has 1 aromatic rings. The second-order valence-corrected chi connectivity index (χ2v) is 15.0. The van der Waals surface area contributed by atoms with E-state index in [1.54, 1.807) is 55.9 Å². The molecule has 1 heterocycles. The summed E-state index contributed by atoms with van der Waals surface area (Å²) in [7, 11) is 8.45. The van der Waals surface area contributed by atoms with Gasteiger partial charge in [-0.1, -0.05) is 53.2 Å². The Kier molecular flexibility index (Phi) is 18.0. The van der Waals surface area contributed by atoms with E-state index in [4.69, 9.17) is 15.2 Å². The van der Waals surface area contributed by atoms with Crippen LogP contribution in [0.3, 0.4) is 0 Å². The first kappa shape index (κ1) is 44.4. The lowest BCUT2D eigenvalue weighted by Crippen LogP contribution is -2.59. The largest absolute Gasteiger partial charge is 0.399 e. The summed E-state index contributed by atoms with van der Waals surface area (Å²) in [6, 6.07) is 7.16. The number of likely N-dealkylation sites (N-methyl/N-ethyl adjacent to an activating group) is 2. The Morgan fingerprint density at radius 1 is 1.04 bits per heavy atom. The van der Waals surface area contributed by atoms with Crippen molar-refractivity contribution in [2.45, 2.75) is 122 Å². The molecular weight excluding hydrogens is 662 g/mol. The maximum atomic E-state index is 14.1. The zero-order valence-corrected chi connectivity index (χ0v) is 33.3. The van der Waals surface area contributed by atoms with Gasteiger partial charge in [-0.15, -0.1) is 0 Å². The fraction of sp³-hybridized carbons (Fsp3) is 0.718. The molecule has 292 valence electrons. The number of methoxy groups -OCH3 is 2. The monoisotopic (exact) mass is 727 g/mol. The summed E-state index contributed by atoms with van der Waals surface area (Å²) in [4.78, 5) is 60.0. The van der Waals surface area contributed by atoms with Crippen molar-refractivity contribution in [1.82, 2.24) is 25.3 Å². The summed E-state index contributed by atoms with van der Waals surface area (Å²) in [5, 5.41) is 15.5. The molecule has 0 bridgehead atoms. The third-order valence-electron chi connectivity index (χ3n) is 10.8. The van der Waals surface area contributed by atoms with Crippen molar-refractivity contribution in [2.75, 3.05) is 47.6 Å². The summed E-state index contributed by atoms with van der Waals surface area (Å²) in [5.41, 5.74) is 7.47. The lowest BCUT2D eigenvalue weighted by atomic mass is 9.89. The predicted octanol–water partition coefficient (Wildman–Crippen LogP) is 3.22. The van der Waals surface area contributed by atoms with Crippen LogP contribution in [-0.4, -0.2) is 123 Å². The van der Waals surface area contributed by atoms with Crippen LogP contribution in [0.2, 0.25) is 0 Å². The van der Waals surface area contributed by atoms with E-state index in [1.165, 1.54) is 0 Å². The van der Waals surface area contributed by atoms with Crippen molar-refractivity contribution in [1.29, 1.82) is 5.26 Å². The van der Waals surface area contributed by atoms with Crippen molar-refractivity contribution in [2.24, 2.45) is 17.8 Å². The van der Waals surface area contributed by atoms with Crippen molar-refractivity contribution in [3.63, 3.8) is 0 Å². The molecule has 8 unspecified atom stereocenters. The number of ether oxygens (including phenoxy) is 2. The maximum absolute atomic E-state index is 14.1. The van der Waals surface area contributed by atoms with Crippen LogP contribution in [0.25, 0.3) is 0 Å². The lowest BCUT2D eigenvalue weighted by molar-refractivity contribution is -0.148. The quantitative estimate of drug-likeness (QED) is 0.171. The van der Waals surface area contributed by atoms with E-state index < -0.39 is 42.3 Å². The molecule has 13 heteroatoms. The number of benzene rings is 1. The Morgan fingerprint density at radius 2 is 1.71 bits per heavy atom. The van der Waals surface area contributed by atoms with Gasteiger partial charge in [0.25, 0.3) is 0 Å². The van der Waals surface area contributed by atoms with Crippen molar-refractivity contribution < 1.29 is 28.7 Å². The molecule has 52 heavy (non-hydrogen) atoms. The first-order chi connectivity index (χ1) is 24.5. The number of nitriles is 1. The highest BCUT2D eigenvalue weighted by Crippen LogP contribution is 2.30. The van der Waals surface area contributed by atoms with Gasteiger partial charge in [0.15, 0.2) is 0 Å². The second-order valence-electron chi connectivity index (χ2n) is 15.0. The minimum absolute atomic E-state index is 0.0191. The van der Waals surface area contributed by atoms with Gasteiger partial charge >= 0.3 is 0 Å². The van der Waals surface area contributed by atoms with Crippen molar-refractivity contribution in [3.05, 3.63) is 29.8 Å². The van der Waals surface area contributed by atoms with Crippen LogP contribution in [0.1, 0.15) is 79.2 Å². The number of carbonyl (C=O) groups excluding carboxylic acids is 4. The molecule has 4 N–H and O–H groups in total. The molecule has 1 aromatic carbocycles. The fourth-order valence-electron chi connectivity index (χ4n) is 7.17. The first-order valence-electron chi connectivity index (χ1n) is 18.6. The Bertz CT molecular complexity index is 1370. The number of nitrogens with two attached hydrogens (primary N) is 1. The highest BCUT2D eigenvalue weighted by Gasteiger charge is 2.43. The molecule has 0 aliphatic carbocycles. The summed E-state index contributed by atoms with van der Waals surface area (Å²) >= 11 is 0. The second kappa shape index (κ2) is 21.1. The number of likely N-dealkylation sites (tertiary alicyclic amines) is 1. The standard InChI is InChI=1S/C39H65N7O6/c1-12-25(4)35(45(9)39(50)34(24(2)3)43-38(49)27(6)44(7)8)32(51-10)23-33(47)46-20-14-17-31(46)36(52-11)26(5)37(48)42-30(18-19-40)22-28-15-13-16-29(41)21-28/h13,15-16,21,24-27,30-32,34-36H,12,14,17-18,20,22-23,41H2,1-11H3,(H,42,48)(H,43,49)/t25?,26?,27?,30?,31-,32?,34?,35?,36?/m0/s1. The number of carbonyl (C=O) groups is 4. The van der Waals surface area contributed by atoms with Crippen LogP contribution in [0.5, 0.6) is 0 Å². The summed E-state index contributed by atoms with van der Waals surface area (Å²) in [6.07, 6.45) is 1.56. The van der Waals surface area contributed by atoms with E-state index in [1.807, 2.05) is 60.0 Å². The van der Waals surface area contributed by atoms with E-state index in [0.717, 1.165) is 18.4 Å². The minimum Gasteiger partial charge on any atom is -0.399 e. The van der Waals surface area contributed by atoms with Gasteiger partial charge in [-0.3, -0.25) is 24.1 Å². The van der Waals surface area contributed by atoms with E-state index in [9.17, 15) is 24.4 Å². The minimum atomic E-state index is -0.753. The molecule has 1 fully saturated rings. The zero-order valence-electron chi connectivity index (χ0n) is 33.3. The molecule has 9 atom stereocenters. The molecule has 0 aromatic heterocycles. The van der Waals surface area contributed by atoms with Crippen molar-refractivity contribution >= 4 is 29.3 Å². The van der Waals surface area contributed by atoms with Crippen molar-refractivity contribution in [3.8, 4) is 6.07 Å². The topological polar surface area (TPSA) is 170 Å². The first-order valence-corrected chi connectivity index (χ1v) is 18.6. The van der Waals surface area contributed by atoms with Gasteiger partial charge in [-0.05, 0) is 69.8 Å². The molecular formula is C39H65N7O6. The maximum Gasteiger partial charge on any atom is 0.245 e. The normalized spacial score (nSPS) is 19.2. The van der Waals surface area contributed by atoms with Gasteiger partial charge in [0.2, 0.25) is 23.6 Å². The number of anilines is 1. The van der Waals surface area contributed by atoms with E-state index >= 15 is 0 Å². The van der Waals surface area contributed by atoms with E-state index in [-0.39, 0.29) is 54.3 Å². The van der Waals surface area contributed by atoms with Crippen LogP contribution in [0, 0.1) is 29.1 Å².